The maximum Gasteiger partial charge on any atom is 0.229 e. The Bertz CT molecular complexity index is 1300. The van der Waals surface area contributed by atoms with Crippen LogP contribution >= 0.6 is 0 Å². The lowest BCUT2D eigenvalue weighted by Gasteiger charge is -2.28. The number of nitrogens with zero attached hydrogens (tertiary/aromatic N) is 3. The van der Waals surface area contributed by atoms with E-state index in [0.29, 0.717) is 31.1 Å². The third kappa shape index (κ3) is 4.69. The second-order valence-electron chi connectivity index (χ2n) is 8.83. The summed E-state index contributed by atoms with van der Waals surface area (Å²) in [5, 5.41) is 5.97. The average Bonchev–Trinajstić information content (AvgIpc) is 3.61. The zero-order valence-electron chi connectivity index (χ0n) is 18.6. The number of aromatic nitrogens is 2. The molecular weight excluding hydrogens is 441 g/mol. The van der Waals surface area contributed by atoms with E-state index in [0.717, 1.165) is 47.0 Å². The predicted octanol–water partition coefficient (Wildman–Crippen LogP) is 4.57. The summed E-state index contributed by atoms with van der Waals surface area (Å²) in [6.07, 6.45) is 3.29. The third-order valence-corrected chi connectivity index (χ3v) is 8.32. The number of sulfonamides is 1. The lowest BCUT2D eigenvalue weighted by molar-refractivity contribution is 0.390. The molecule has 7 nitrogen and oxygen atoms in total. The minimum Gasteiger partial charge on any atom is -0.338 e. The van der Waals surface area contributed by atoms with E-state index < -0.39 is 15.8 Å². The molecule has 2 N–H and O–H groups in total. The molecule has 5 rings (SSSR count). The van der Waals surface area contributed by atoms with Gasteiger partial charge in [-0.05, 0) is 79.6 Å². The van der Waals surface area contributed by atoms with Gasteiger partial charge in [0.2, 0.25) is 16.0 Å². The van der Waals surface area contributed by atoms with Crippen LogP contribution in [0.15, 0.2) is 42.6 Å². The zero-order chi connectivity index (χ0) is 23.2. The number of halogens is 1. The van der Waals surface area contributed by atoms with E-state index in [1.54, 1.807) is 4.31 Å². The van der Waals surface area contributed by atoms with E-state index in [1.165, 1.54) is 0 Å². The van der Waals surface area contributed by atoms with Crippen molar-refractivity contribution in [2.45, 2.75) is 44.9 Å². The fraction of sp³-hybridized carbons (Fsp3) is 0.333. The van der Waals surface area contributed by atoms with Crippen LogP contribution in [0.2, 0.25) is 0 Å². The summed E-state index contributed by atoms with van der Waals surface area (Å²) in [6, 6.07) is 11.7. The van der Waals surface area contributed by atoms with Gasteiger partial charge in [0, 0.05) is 24.5 Å². The first-order chi connectivity index (χ1) is 15.8. The van der Waals surface area contributed by atoms with E-state index in [2.05, 4.69) is 26.7 Å². The first-order valence-electron chi connectivity index (χ1n) is 11.0. The first-order valence-corrected chi connectivity index (χ1v) is 12.5. The van der Waals surface area contributed by atoms with Crippen LogP contribution in [0.1, 0.15) is 35.1 Å². The number of fused-ring (bicyclic) bond motifs is 1. The summed E-state index contributed by atoms with van der Waals surface area (Å²) >= 11 is 0. The molecule has 0 bridgehead atoms. The van der Waals surface area contributed by atoms with Crippen LogP contribution < -0.4 is 10.6 Å². The summed E-state index contributed by atoms with van der Waals surface area (Å²) in [5.74, 6) is -0.186. The Hall–Kier alpha value is -3.04. The molecule has 9 heteroatoms. The Morgan fingerprint density at radius 3 is 2.48 bits per heavy atom. The van der Waals surface area contributed by atoms with Crippen LogP contribution in [0, 0.1) is 19.7 Å². The van der Waals surface area contributed by atoms with Gasteiger partial charge < -0.3 is 10.6 Å². The van der Waals surface area contributed by atoms with Crippen molar-refractivity contribution in [2.75, 3.05) is 17.2 Å². The summed E-state index contributed by atoms with van der Waals surface area (Å²) in [4.78, 5) is 8.37. The quantitative estimate of drug-likeness (QED) is 0.552. The first kappa shape index (κ1) is 21.8. The molecule has 0 radical (unpaired) electrons. The minimum absolute atomic E-state index is 0.0746. The Labute approximate surface area is 193 Å². The Kier molecular flexibility index (Phi) is 5.54. The normalized spacial score (nSPS) is 16.3. The molecule has 3 aromatic rings. The molecule has 0 spiro atoms. The van der Waals surface area contributed by atoms with Crippen molar-refractivity contribution in [1.82, 2.24) is 14.3 Å². The molecule has 1 aromatic heterocycles. The number of aryl methyl sites for hydroxylation is 2. The van der Waals surface area contributed by atoms with Crippen LogP contribution in [0.25, 0.3) is 0 Å². The number of nitrogens with one attached hydrogen (secondary N) is 2. The topological polar surface area (TPSA) is 87.2 Å². The van der Waals surface area contributed by atoms with Gasteiger partial charge >= 0.3 is 0 Å². The lowest BCUT2D eigenvalue weighted by atomic mass is 10.0. The van der Waals surface area contributed by atoms with Gasteiger partial charge in [0.15, 0.2) is 11.6 Å². The summed E-state index contributed by atoms with van der Waals surface area (Å²) in [6.45, 7) is 4.88. The summed E-state index contributed by atoms with van der Waals surface area (Å²) in [7, 11) is -3.19. The van der Waals surface area contributed by atoms with E-state index in [4.69, 9.17) is 0 Å². The van der Waals surface area contributed by atoms with Crippen molar-refractivity contribution in [1.29, 1.82) is 0 Å². The lowest BCUT2D eigenvalue weighted by Crippen LogP contribution is -2.38. The maximum atomic E-state index is 14.4. The van der Waals surface area contributed by atoms with Gasteiger partial charge in [0.05, 0.1) is 11.4 Å². The molecule has 2 aliphatic rings. The van der Waals surface area contributed by atoms with E-state index >= 15 is 0 Å². The van der Waals surface area contributed by atoms with E-state index in [9.17, 15) is 12.8 Å². The van der Waals surface area contributed by atoms with Gasteiger partial charge in [-0.1, -0.05) is 12.1 Å². The highest BCUT2D eigenvalue weighted by molar-refractivity contribution is 7.90. The van der Waals surface area contributed by atoms with Crippen molar-refractivity contribution in [3.05, 3.63) is 70.7 Å². The highest BCUT2D eigenvalue weighted by Gasteiger charge is 2.40. The molecular formula is C24H26FN5O2S. The SMILES string of the molecule is Cc1cc(C)cc(Nc2ncc(F)c(Nc3ccc4c(c3)CCN(S(=O)(=O)C3CC3)C4)n2)c1. The molecule has 1 fully saturated rings. The van der Waals surface area contributed by atoms with Crippen molar-refractivity contribution in [3.63, 3.8) is 0 Å². The third-order valence-electron chi connectivity index (χ3n) is 5.97. The molecule has 1 saturated carbocycles. The minimum atomic E-state index is -3.19. The molecule has 0 unspecified atom stereocenters. The van der Waals surface area contributed by atoms with Gasteiger partial charge in [-0.15, -0.1) is 0 Å². The number of rotatable bonds is 6. The molecule has 1 aliphatic heterocycles. The van der Waals surface area contributed by atoms with Crippen molar-refractivity contribution in [3.8, 4) is 0 Å². The van der Waals surface area contributed by atoms with Crippen LogP contribution in [-0.2, 0) is 23.0 Å². The largest absolute Gasteiger partial charge is 0.338 e. The van der Waals surface area contributed by atoms with Crippen LogP contribution in [0.5, 0.6) is 0 Å². The fourth-order valence-electron chi connectivity index (χ4n) is 4.23. The summed E-state index contributed by atoms with van der Waals surface area (Å²) < 4.78 is 41.1. The molecule has 0 atom stereocenters. The molecule has 1 aliphatic carbocycles. The van der Waals surface area contributed by atoms with Gasteiger partial charge in [-0.25, -0.2) is 17.8 Å². The van der Waals surface area contributed by atoms with Crippen LogP contribution in [-0.4, -0.2) is 34.5 Å². The second-order valence-corrected chi connectivity index (χ2v) is 11.0. The molecule has 0 amide bonds. The highest BCUT2D eigenvalue weighted by atomic mass is 32.2. The zero-order valence-corrected chi connectivity index (χ0v) is 19.4. The Balaban J connectivity index is 1.33. The van der Waals surface area contributed by atoms with Crippen molar-refractivity contribution >= 4 is 33.2 Å². The highest BCUT2D eigenvalue weighted by Crippen LogP contribution is 2.34. The number of hydrogen-bond donors (Lipinski definition) is 2. The van der Waals surface area contributed by atoms with Crippen molar-refractivity contribution in [2.24, 2.45) is 0 Å². The Morgan fingerprint density at radius 2 is 1.76 bits per heavy atom. The summed E-state index contributed by atoms with van der Waals surface area (Å²) in [5.41, 5.74) is 5.79. The second kappa shape index (κ2) is 8.39. The van der Waals surface area contributed by atoms with Crippen molar-refractivity contribution < 1.29 is 12.8 Å². The van der Waals surface area contributed by atoms with Gasteiger partial charge in [0.1, 0.15) is 0 Å². The van der Waals surface area contributed by atoms with Crippen LogP contribution in [0.4, 0.5) is 27.5 Å². The number of hydrogen-bond acceptors (Lipinski definition) is 6. The number of benzene rings is 2. The maximum absolute atomic E-state index is 14.4. The monoisotopic (exact) mass is 467 g/mol. The van der Waals surface area contributed by atoms with E-state index in [-0.39, 0.29) is 11.1 Å². The average molecular weight is 468 g/mol. The molecule has 2 aromatic carbocycles. The van der Waals surface area contributed by atoms with E-state index in [1.807, 2.05) is 44.2 Å². The van der Waals surface area contributed by atoms with Gasteiger partial charge in [-0.2, -0.15) is 9.29 Å². The van der Waals surface area contributed by atoms with Gasteiger partial charge in [0.25, 0.3) is 0 Å². The molecule has 33 heavy (non-hydrogen) atoms. The van der Waals surface area contributed by atoms with Gasteiger partial charge in [-0.3, -0.25) is 0 Å². The Morgan fingerprint density at radius 1 is 1.00 bits per heavy atom. The smallest absolute Gasteiger partial charge is 0.229 e. The molecule has 172 valence electrons. The predicted molar refractivity (Wildman–Crippen MR) is 127 cm³/mol. The van der Waals surface area contributed by atoms with Crippen LogP contribution in [0.3, 0.4) is 0 Å². The molecule has 2 heterocycles. The fourth-order valence-corrected chi connectivity index (χ4v) is 6.04. The number of anilines is 4. The molecule has 0 saturated heterocycles. The standard InChI is InChI=1S/C24H26FN5O2S/c1-15-9-16(2)11-20(10-15)28-24-26-13-22(25)23(29-24)27-19-4-3-18-14-30(8-7-17(18)12-19)33(31,32)21-5-6-21/h3-4,9-13,21H,5-8,14H2,1-2H3,(H2,26,27,28,29).